The van der Waals surface area contributed by atoms with E-state index in [1.165, 1.54) is 41.6 Å². The van der Waals surface area contributed by atoms with Crippen molar-refractivity contribution in [1.29, 1.82) is 0 Å². The van der Waals surface area contributed by atoms with Crippen LogP contribution in [-0.4, -0.2) is 4.99 Å². The Morgan fingerprint density at radius 3 is 2.60 bits per heavy atom. The molecule has 1 aliphatic carbocycles. The van der Waals surface area contributed by atoms with Crippen molar-refractivity contribution in [2.45, 2.75) is 60.3 Å². The summed E-state index contributed by atoms with van der Waals surface area (Å²) in [5.41, 5.74) is 7.12. The Hall–Kier alpha value is -1.67. The monoisotopic (exact) mass is 353 g/mol. The van der Waals surface area contributed by atoms with Crippen LogP contribution in [0.1, 0.15) is 60.3 Å². The minimum atomic E-state index is 0.303. The lowest BCUT2D eigenvalue weighted by Gasteiger charge is -2.32. The van der Waals surface area contributed by atoms with Gasteiger partial charge in [0.15, 0.2) is 0 Å². The van der Waals surface area contributed by atoms with Gasteiger partial charge in [0.2, 0.25) is 0 Å². The summed E-state index contributed by atoms with van der Waals surface area (Å²) in [6.45, 7) is 11.3. The second-order valence-corrected chi connectivity index (χ2v) is 8.38. The summed E-state index contributed by atoms with van der Waals surface area (Å²) in [4.78, 5) is 0.902. The molecule has 25 heavy (non-hydrogen) atoms. The fourth-order valence-corrected chi connectivity index (χ4v) is 3.75. The van der Waals surface area contributed by atoms with Crippen molar-refractivity contribution in [3.63, 3.8) is 0 Å². The molecule has 1 heterocycles. The van der Waals surface area contributed by atoms with Crippen LogP contribution in [0.4, 0.5) is 0 Å². The Morgan fingerprint density at radius 1 is 1.20 bits per heavy atom. The first-order valence-electron chi connectivity index (χ1n) is 9.18. The van der Waals surface area contributed by atoms with Gasteiger partial charge in [0.25, 0.3) is 0 Å². The Bertz CT molecular complexity index is 708. The summed E-state index contributed by atoms with van der Waals surface area (Å²) in [6.07, 6.45) is 19.9. The van der Waals surface area contributed by atoms with E-state index in [4.69, 9.17) is 12.2 Å². The number of allylic oxidation sites excluding steroid dienone is 10. The average molecular weight is 354 g/mol. The first-order valence-corrected chi connectivity index (χ1v) is 9.59. The second-order valence-electron chi connectivity index (χ2n) is 7.89. The molecule has 0 bridgehead atoms. The highest BCUT2D eigenvalue weighted by Crippen LogP contribution is 2.40. The number of hydrogen-bond donors (Lipinski definition) is 1. The zero-order valence-corrected chi connectivity index (χ0v) is 17.1. The number of hydrogen-bond acceptors (Lipinski definition) is 1. The van der Waals surface area contributed by atoms with Crippen LogP contribution in [0.25, 0.3) is 0 Å². The molecule has 2 aliphatic rings. The number of nitrogens with one attached hydrogen (secondary N) is 1. The highest BCUT2D eigenvalue weighted by Gasteiger charge is 2.26. The highest BCUT2D eigenvalue weighted by atomic mass is 32.1. The molecule has 0 spiro atoms. The molecule has 1 nitrogen and oxygen atoms in total. The Kier molecular flexibility index (Phi) is 6.78. The van der Waals surface area contributed by atoms with Crippen LogP contribution in [-0.2, 0) is 0 Å². The summed E-state index contributed by atoms with van der Waals surface area (Å²) >= 11 is 5.15. The third-order valence-electron chi connectivity index (χ3n) is 4.97. The predicted molar refractivity (Wildman–Crippen MR) is 115 cm³/mol. The minimum Gasteiger partial charge on any atom is -0.356 e. The molecular weight excluding hydrogens is 322 g/mol. The van der Waals surface area contributed by atoms with E-state index < -0.39 is 0 Å². The topological polar surface area (TPSA) is 12.0 Å². The SMILES string of the molecule is CC1=C(/C=C/C(C)=C/C=C/C(C)=C/C2=CNC(=S)C2)C(C)(C)CCC1. The third-order valence-corrected chi connectivity index (χ3v) is 5.23. The lowest BCUT2D eigenvalue weighted by molar-refractivity contribution is 0.377. The smallest absolute Gasteiger partial charge is 0.0837 e. The van der Waals surface area contributed by atoms with Crippen LogP contribution in [0, 0.1) is 5.41 Å². The van der Waals surface area contributed by atoms with E-state index in [9.17, 15) is 0 Å². The molecule has 0 saturated heterocycles. The van der Waals surface area contributed by atoms with Crippen molar-refractivity contribution in [3.05, 3.63) is 70.5 Å². The second kappa shape index (κ2) is 8.62. The molecule has 134 valence electrons. The molecule has 0 unspecified atom stereocenters. The maximum atomic E-state index is 5.15. The van der Waals surface area contributed by atoms with E-state index in [1.54, 1.807) is 5.57 Å². The molecule has 0 fully saturated rings. The molecule has 1 N–H and O–H groups in total. The van der Waals surface area contributed by atoms with Crippen molar-refractivity contribution >= 4 is 17.2 Å². The lowest BCUT2D eigenvalue weighted by atomic mass is 9.72. The van der Waals surface area contributed by atoms with Crippen molar-refractivity contribution in [1.82, 2.24) is 5.32 Å². The van der Waals surface area contributed by atoms with Gasteiger partial charge in [-0.2, -0.15) is 0 Å². The van der Waals surface area contributed by atoms with Gasteiger partial charge in [-0.05, 0) is 56.6 Å². The van der Waals surface area contributed by atoms with E-state index in [0.717, 1.165) is 11.4 Å². The molecule has 0 amide bonds. The van der Waals surface area contributed by atoms with Gasteiger partial charge < -0.3 is 5.32 Å². The molecule has 2 rings (SSSR count). The molecule has 0 aromatic carbocycles. The van der Waals surface area contributed by atoms with Gasteiger partial charge in [0.05, 0.1) is 4.99 Å². The summed E-state index contributed by atoms with van der Waals surface area (Å²) in [6, 6.07) is 0. The minimum absolute atomic E-state index is 0.303. The van der Waals surface area contributed by atoms with E-state index in [0.29, 0.717) is 5.41 Å². The Labute approximate surface area is 159 Å². The van der Waals surface area contributed by atoms with Crippen LogP contribution in [0.15, 0.2) is 70.5 Å². The zero-order chi connectivity index (χ0) is 18.4. The summed E-state index contributed by atoms with van der Waals surface area (Å²) in [5.74, 6) is 0. The Morgan fingerprint density at radius 2 is 1.96 bits per heavy atom. The molecule has 0 saturated carbocycles. The standard InChI is InChI=1S/C23H31NS/c1-17(11-12-21-19(3)10-7-13-23(21,4)5)8-6-9-18(2)14-20-15-22(25)24-16-20/h6,8-9,11-12,14,16H,7,10,13,15H2,1-5H3,(H,24,25)/b9-6+,12-11+,17-8+,18-14+. The zero-order valence-electron chi connectivity index (χ0n) is 16.3. The van der Waals surface area contributed by atoms with Crippen molar-refractivity contribution in [2.75, 3.05) is 0 Å². The van der Waals surface area contributed by atoms with Gasteiger partial charge in [0, 0.05) is 12.6 Å². The van der Waals surface area contributed by atoms with E-state index in [2.05, 4.69) is 76.4 Å². The van der Waals surface area contributed by atoms with E-state index >= 15 is 0 Å². The third kappa shape index (κ3) is 5.97. The van der Waals surface area contributed by atoms with Gasteiger partial charge in [-0.1, -0.05) is 79.2 Å². The van der Waals surface area contributed by atoms with Crippen LogP contribution < -0.4 is 5.32 Å². The fourth-order valence-electron chi connectivity index (χ4n) is 3.53. The van der Waals surface area contributed by atoms with Gasteiger partial charge in [-0.25, -0.2) is 0 Å². The molecular formula is C23H31NS. The van der Waals surface area contributed by atoms with Crippen LogP contribution in [0.2, 0.25) is 0 Å². The largest absolute Gasteiger partial charge is 0.356 e. The molecule has 0 aromatic heterocycles. The highest BCUT2D eigenvalue weighted by molar-refractivity contribution is 7.80. The number of thiocarbonyl (C=S) groups is 1. The van der Waals surface area contributed by atoms with E-state index in [1.807, 2.05) is 6.20 Å². The van der Waals surface area contributed by atoms with Gasteiger partial charge in [0.1, 0.15) is 0 Å². The first kappa shape index (κ1) is 19.7. The summed E-state index contributed by atoms with van der Waals surface area (Å²) < 4.78 is 0. The average Bonchev–Trinajstić information content (AvgIpc) is 2.91. The van der Waals surface area contributed by atoms with Crippen LogP contribution in [0.3, 0.4) is 0 Å². The van der Waals surface area contributed by atoms with Gasteiger partial charge in [-0.15, -0.1) is 0 Å². The maximum absolute atomic E-state index is 5.15. The molecule has 2 heteroatoms. The summed E-state index contributed by atoms with van der Waals surface area (Å²) in [7, 11) is 0. The van der Waals surface area contributed by atoms with Crippen molar-refractivity contribution < 1.29 is 0 Å². The van der Waals surface area contributed by atoms with Gasteiger partial charge in [-0.3, -0.25) is 0 Å². The molecule has 0 aromatic rings. The molecule has 0 atom stereocenters. The van der Waals surface area contributed by atoms with Crippen molar-refractivity contribution in [2.24, 2.45) is 5.41 Å². The fraction of sp³-hybridized carbons (Fsp3) is 0.435. The lowest BCUT2D eigenvalue weighted by Crippen LogP contribution is -2.19. The van der Waals surface area contributed by atoms with Gasteiger partial charge >= 0.3 is 0 Å². The van der Waals surface area contributed by atoms with E-state index in [-0.39, 0.29) is 0 Å². The predicted octanol–water partition coefficient (Wildman–Crippen LogP) is 6.72. The Balaban J connectivity index is 1.99. The van der Waals surface area contributed by atoms with Crippen LogP contribution >= 0.6 is 12.2 Å². The quantitative estimate of drug-likeness (QED) is 0.435. The van der Waals surface area contributed by atoms with Crippen molar-refractivity contribution in [3.8, 4) is 0 Å². The summed E-state index contributed by atoms with van der Waals surface area (Å²) in [5, 5.41) is 3.08. The first-order chi connectivity index (χ1) is 11.8. The molecule has 0 radical (unpaired) electrons. The van der Waals surface area contributed by atoms with Crippen LogP contribution in [0.5, 0.6) is 0 Å². The molecule has 1 aliphatic heterocycles. The normalized spacial score (nSPS) is 22.1. The maximum Gasteiger partial charge on any atom is 0.0837 e. The number of rotatable bonds is 5.